The molecule has 3 nitrogen and oxygen atoms in total. The van der Waals surface area contributed by atoms with Gasteiger partial charge in [0.2, 0.25) is 0 Å². The molecule has 0 radical (unpaired) electrons. The van der Waals surface area contributed by atoms with Gasteiger partial charge in [0.05, 0.1) is 6.61 Å². The zero-order chi connectivity index (χ0) is 7.49. The minimum absolute atomic E-state index is 0.0278. The van der Waals surface area contributed by atoms with Crippen LogP contribution in [0.5, 0.6) is 0 Å². The lowest BCUT2D eigenvalue weighted by molar-refractivity contribution is -0.0511. The second-order valence-corrected chi connectivity index (χ2v) is 3.17. The molecule has 0 aromatic carbocycles. The maximum atomic E-state index is 8.66. The molecule has 0 saturated heterocycles. The predicted octanol–water partition coefficient (Wildman–Crippen LogP) is 0.284. The molecular weight excluding hydrogens is 118 g/mol. The van der Waals surface area contributed by atoms with Crippen molar-refractivity contribution >= 4 is 0 Å². The van der Waals surface area contributed by atoms with Gasteiger partial charge in [-0.05, 0) is 5.41 Å². The molecule has 0 bridgehead atoms. The van der Waals surface area contributed by atoms with E-state index in [-0.39, 0.29) is 18.1 Å². The molecule has 3 heteroatoms. The van der Waals surface area contributed by atoms with Crippen molar-refractivity contribution in [3.8, 4) is 0 Å². The fourth-order valence-corrected chi connectivity index (χ4v) is 0.521. The number of aliphatic hydroxyl groups is 1. The van der Waals surface area contributed by atoms with E-state index < -0.39 is 0 Å². The van der Waals surface area contributed by atoms with Gasteiger partial charge < -0.3 is 5.11 Å². The Hall–Kier alpha value is -0.120. The van der Waals surface area contributed by atoms with E-state index in [0.717, 1.165) is 0 Å². The van der Waals surface area contributed by atoms with Gasteiger partial charge in [-0.3, -0.25) is 4.84 Å². The van der Waals surface area contributed by atoms with Crippen LogP contribution < -0.4 is 5.90 Å². The van der Waals surface area contributed by atoms with Crippen LogP contribution in [0.25, 0.3) is 0 Å². The molecule has 0 heterocycles. The topological polar surface area (TPSA) is 55.5 Å². The Morgan fingerprint density at radius 2 is 2.00 bits per heavy atom. The second kappa shape index (κ2) is 3.15. The van der Waals surface area contributed by atoms with E-state index in [1.807, 2.05) is 20.8 Å². The van der Waals surface area contributed by atoms with Crippen molar-refractivity contribution in [3.05, 3.63) is 0 Å². The predicted molar refractivity (Wildman–Crippen MR) is 35.6 cm³/mol. The van der Waals surface area contributed by atoms with Crippen molar-refractivity contribution in [1.29, 1.82) is 0 Å². The lowest BCUT2D eigenvalue weighted by Crippen LogP contribution is -2.34. The molecular formula is C6H15NO2. The zero-order valence-electron chi connectivity index (χ0n) is 6.22. The second-order valence-electron chi connectivity index (χ2n) is 3.17. The zero-order valence-corrected chi connectivity index (χ0v) is 6.22. The molecule has 1 unspecified atom stereocenters. The van der Waals surface area contributed by atoms with Crippen LogP contribution in [0.15, 0.2) is 0 Å². The van der Waals surface area contributed by atoms with Gasteiger partial charge in [-0.1, -0.05) is 20.8 Å². The van der Waals surface area contributed by atoms with E-state index in [1.165, 1.54) is 0 Å². The molecule has 9 heavy (non-hydrogen) atoms. The largest absolute Gasteiger partial charge is 0.394 e. The Bertz CT molecular complexity index is 73.6. The molecule has 0 fully saturated rings. The maximum Gasteiger partial charge on any atom is 0.106 e. The van der Waals surface area contributed by atoms with Crippen LogP contribution in [0, 0.1) is 5.41 Å². The van der Waals surface area contributed by atoms with Crippen LogP contribution in [0.2, 0.25) is 0 Å². The first-order valence-corrected chi connectivity index (χ1v) is 2.98. The van der Waals surface area contributed by atoms with E-state index in [9.17, 15) is 0 Å². The van der Waals surface area contributed by atoms with Gasteiger partial charge in [0.1, 0.15) is 6.10 Å². The van der Waals surface area contributed by atoms with Crippen molar-refractivity contribution in [2.45, 2.75) is 26.9 Å². The number of hydrogen-bond acceptors (Lipinski definition) is 3. The number of nitrogens with two attached hydrogens (primary N) is 1. The quantitative estimate of drug-likeness (QED) is 0.532. The summed E-state index contributed by atoms with van der Waals surface area (Å²) >= 11 is 0. The summed E-state index contributed by atoms with van der Waals surface area (Å²) in [6.45, 7) is 5.85. The molecule has 0 rings (SSSR count). The first kappa shape index (κ1) is 8.88. The minimum Gasteiger partial charge on any atom is -0.394 e. The fraction of sp³-hybridized carbons (Fsp3) is 1.00. The monoisotopic (exact) mass is 133 g/mol. The first-order valence-electron chi connectivity index (χ1n) is 2.98. The van der Waals surface area contributed by atoms with Gasteiger partial charge in [0.15, 0.2) is 0 Å². The van der Waals surface area contributed by atoms with E-state index in [1.54, 1.807) is 0 Å². The summed E-state index contributed by atoms with van der Waals surface area (Å²) in [4.78, 5) is 4.51. The highest BCUT2D eigenvalue weighted by atomic mass is 16.6. The number of rotatable bonds is 2. The van der Waals surface area contributed by atoms with Crippen molar-refractivity contribution in [2.75, 3.05) is 6.61 Å². The fourth-order valence-electron chi connectivity index (χ4n) is 0.521. The smallest absolute Gasteiger partial charge is 0.106 e. The van der Waals surface area contributed by atoms with Crippen LogP contribution in [0.1, 0.15) is 20.8 Å². The summed E-state index contributed by atoms with van der Waals surface area (Å²) in [6, 6.07) is 0. The molecule has 56 valence electrons. The van der Waals surface area contributed by atoms with Gasteiger partial charge in [-0.25, -0.2) is 5.90 Å². The molecule has 0 spiro atoms. The molecule has 0 aromatic heterocycles. The van der Waals surface area contributed by atoms with E-state index in [2.05, 4.69) is 4.84 Å². The normalized spacial score (nSPS) is 15.7. The molecule has 0 aliphatic carbocycles. The Kier molecular flexibility index (Phi) is 3.11. The summed E-state index contributed by atoms with van der Waals surface area (Å²) in [5, 5.41) is 8.66. The van der Waals surface area contributed by atoms with Crippen LogP contribution >= 0.6 is 0 Å². The van der Waals surface area contributed by atoms with Gasteiger partial charge in [-0.15, -0.1) is 0 Å². The van der Waals surface area contributed by atoms with E-state index in [0.29, 0.717) is 0 Å². The van der Waals surface area contributed by atoms with Crippen molar-refractivity contribution in [2.24, 2.45) is 11.3 Å². The van der Waals surface area contributed by atoms with E-state index >= 15 is 0 Å². The maximum absolute atomic E-state index is 8.66. The van der Waals surface area contributed by atoms with Gasteiger partial charge >= 0.3 is 0 Å². The standard InChI is InChI=1S/C6H15NO2/c1-6(2,3)5(4-8)9-7/h5,8H,4,7H2,1-3H3. The Balaban J connectivity index is 3.79. The van der Waals surface area contributed by atoms with Crippen LogP contribution in [-0.2, 0) is 4.84 Å². The van der Waals surface area contributed by atoms with Crippen LogP contribution in [0.3, 0.4) is 0 Å². The van der Waals surface area contributed by atoms with E-state index in [4.69, 9.17) is 11.0 Å². The summed E-state index contributed by atoms with van der Waals surface area (Å²) in [6.07, 6.45) is -0.266. The average Bonchev–Trinajstić information content (AvgIpc) is 1.65. The van der Waals surface area contributed by atoms with Crippen LogP contribution in [0.4, 0.5) is 0 Å². The highest BCUT2D eigenvalue weighted by molar-refractivity contribution is 4.72. The molecule has 3 N–H and O–H groups in total. The molecule has 0 amide bonds. The SMILES string of the molecule is CC(C)(C)C(CO)ON. The molecule has 0 aromatic rings. The molecule has 0 saturated carbocycles. The third-order valence-electron chi connectivity index (χ3n) is 1.30. The minimum atomic E-state index is -0.266. The average molecular weight is 133 g/mol. The number of hydrogen-bond donors (Lipinski definition) is 2. The summed E-state index contributed by atoms with van der Waals surface area (Å²) in [5.74, 6) is 4.91. The van der Waals surface area contributed by atoms with Crippen molar-refractivity contribution < 1.29 is 9.94 Å². The van der Waals surface area contributed by atoms with Gasteiger partial charge in [-0.2, -0.15) is 0 Å². The Labute approximate surface area is 55.8 Å². The highest BCUT2D eigenvalue weighted by Gasteiger charge is 2.23. The Morgan fingerprint density at radius 3 is 2.00 bits per heavy atom. The third kappa shape index (κ3) is 2.79. The van der Waals surface area contributed by atoms with Crippen molar-refractivity contribution in [3.63, 3.8) is 0 Å². The molecule has 0 aliphatic heterocycles. The van der Waals surface area contributed by atoms with Crippen molar-refractivity contribution in [1.82, 2.24) is 0 Å². The third-order valence-corrected chi connectivity index (χ3v) is 1.30. The van der Waals surface area contributed by atoms with Gasteiger partial charge in [0, 0.05) is 0 Å². The van der Waals surface area contributed by atoms with Crippen LogP contribution in [-0.4, -0.2) is 17.8 Å². The lowest BCUT2D eigenvalue weighted by Gasteiger charge is -2.26. The summed E-state index contributed by atoms with van der Waals surface area (Å²) < 4.78 is 0. The summed E-state index contributed by atoms with van der Waals surface area (Å²) in [7, 11) is 0. The lowest BCUT2D eigenvalue weighted by atomic mass is 9.90. The number of aliphatic hydroxyl groups excluding tert-OH is 1. The molecule has 0 aliphatic rings. The van der Waals surface area contributed by atoms with Gasteiger partial charge in [0.25, 0.3) is 0 Å². The Morgan fingerprint density at radius 1 is 1.56 bits per heavy atom. The summed E-state index contributed by atoms with van der Waals surface area (Å²) in [5.41, 5.74) is -0.0799. The molecule has 1 atom stereocenters. The first-order chi connectivity index (χ1) is 4.02. The highest BCUT2D eigenvalue weighted by Crippen LogP contribution is 2.19.